The number of carbonyl (C=O) groups is 2. The van der Waals surface area contributed by atoms with Crippen molar-refractivity contribution >= 4 is 35.2 Å². The SMILES string of the molecule is COC(=O)C(C)NC(=O)c1cc(SC)ccc1Cl. The molecule has 1 amide bonds. The second-order valence-electron chi connectivity index (χ2n) is 3.56. The Morgan fingerprint density at radius 1 is 1.44 bits per heavy atom. The van der Waals surface area contributed by atoms with Crippen LogP contribution in [0.25, 0.3) is 0 Å². The summed E-state index contributed by atoms with van der Waals surface area (Å²) in [6.07, 6.45) is 1.90. The summed E-state index contributed by atoms with van der Waals surface area (Å²) >= 11 is 7.47. The number of ether oxygens (including phenoxy) is 1. The van der Waals surface area contributed by atoms with Gasteiger partial charge in [-0.1, -0.05) is 11.6 Å². The Balaban J connectivity index is 2.87. The van der Waals surface area contributed by atoms with Gasteiger partial charge >= 0.3 is 5.97 Å². The lowest BCUT2D eigenvalue weighted by atomic mass is 10.2. The molecule has 0 aliphatic carbocycles. The molecule has 4 nitrogen and oxygen atoms in total. The van der Waals surface area contributed by atoms with Gasteiger partial charge in [-0.15, -0.1) is 11.8 Å². The van der Waals surface area contributed by atoms with Crippen LogP contribution in [-0.2, 0) is 9.53 Å². The number of esters is 1. The van der Waals surface area contributed by atoms with E-state index in [0.717, 1.165) is 4.90 Å². The Kier molecular flexibility index (Phi) is 5.50. The topological polar surface area (TPSA) is 55.4 Å². The van der Waals surface area contributed by atoms with E-state index in [1.807, 2.05) is 12.3 Å². The van der Waals surface area contributed by atoms with Crippen LogP contribution in [0.3, 0.4) is 0 Å². The van der Waals surface area contributed by atoms with Gasteiger partial charge in [0.1, 0.15) is 6.04 Å². The molecule has 98 valence electrons. The summed E-state index contributed by atoms with van der Waals surface area (Å²) in [6.45, 7) is 1.55. The van der Waals surface area contributed by atoms with E-state index in [9.17, 15) is 9.59 Å². The highest BCUT2D eigenvalue weighted by Gasteiger charge is 2.18. The van der Waals surface area contributed by atoms with Crippen molar-refractivity contribution in [3.8, 4) is 0 Å². The van der Waals surface area contributed by atoms with Crippen molar-refractivity contribution in [3.05, 3.63) is 28.8 Å². The van der Waals surface area contributed by atoms with Gasteiger partial charge in [-0.05, 0) is 31.4 Å². The van der Waals surface area contributed by atoms with E-state index in [0.29, 0.717) is 10.6 Å². The fourth-order valence-corrected chi connectivity index (χ4v) is 1.96. The molecule has 0 fully saturated rings. The zero-order valence-electron chi connectivity index (χ0n) is 10.3. The zero-order chi connectivity index (χ0) is 13.7. The summed E-state index contributed by atoms with van der Waals surface area (Å²) in [4.78, 5) is 24.1. The van der Waals surface area contributed by atoms with E-state index in [4.69, 9.17) is 11.6 Å². The lowest BCUT2D eigenvalue weighted by Gasteiger charge is -2.12. The van der Waals surface area contributed by atoms with Gasteiger partial charge in [-0.25, -0.2) is 4.79 Å². The van der Waals surface area contributed by atoms with Crippen molar-refractivity contribution in [2.45, 2.75) is 17.9 Å². The van der Waals surface area contributed by atoms with Crippen LogP contribution in [0, 0.1) is 0 Å². The first-order chi connectivity index (χ1) is 8.49. The molecule has 1 atom stereocenters. The summed E-state index contributed by atoms with van der Waals surface area (Å²) in [5.41, 5.74) is 0.347. The van der Waals surface area contributed by atoms with Crippen LogP contribution in [-0.4, -0.2) is 31.3 Å². The Labute approximate surface area is 115 Å². The quantitative estimate of drug-likeness (QED) is 0.682. The Bertz CT molecular complexity index is 465. The molecule has 1 aromatic carbocycles. The lowest BCUT2D eigenvalue weighted by molar-refractivity contribution is -0.142. The van der Waals surface area contributed by atoms with Crippen molar-refractivity contribution in [1.82, 2.24) is 5.32 Å². The number of nitrogens with one attached hydrogen (secondary N) is 1. The number of thioether (sulfide) groups is 1. The molecule has 6 heteroatoms. The van der Waals surface area contributed by atoms with E-state index in [1.54, 1.807) is 19.1 Å². The average molecular weight is 288 g/mol. The van der Waals surface area contributed by atoms with Crippen LogP contribution in [0.5, 0.6) is 0 Å². The van der Waals surface area contributed by atoms with Crippen molar-refractivity contribution in [2.75, 3.05) is 13.4 Å². The normalized spacial score (nSPS) is 11.8. The third-order valence-corrected chi connectivity index (χ3v) is 3.38. The number of methoxy groups -OCH3 is 1. The number of rotatable bonds is 4. The molecule has 1 N–H and O–H groups in total. The highest BCUT2D eigenvalue weighted by molar-refractivity contribution is 7.98. The van der Waals surface area contributed by atoms with E-state index in [1.165, 1.54) is 18.9 Å². The zero-order valence-corrected chi connectivity index (χ0v) is 11.9. The van der Waals surface area contributed by atoms with Crippen LogP contribution in [0.4, 0.5) is 0 Å². The van der Waals surface area contributed by atoms with Crippen molar-refractivity contribution < 1.29 is 14.3 Å². The molecule has 1 rings (SSSR count). The van der Waals surface area contributed by atoms with E-state index < -0.39 is 17.9 Å². The molecule has 0 aliphatic heterocycles. The molecule has 0 heterocycles. The molecular weight excluding hydrogens is 274 g/mol. The van der Waals surface area contributed by atoms with Gasteiger partial charge in [0.2, 0.25) is 0 Å². The number of halogens is 1. The first-order valence-corrected chi connectivity index (χ1v) is 6.82. The third-order valence-electron chi connectivity index (χ3n) is 2.32. The fraction of sp³-hybridized carbons (Fsp3) is 0.333. The van der Waals surface area contributed by atoms with Gasteiger partial charge in [0.15, 0.2) is 0 Å². The molecule has 0 spiro atoms. The van der Waals surface area contributed by atoms with Gasteiger partial charge in [-0.2, -0.15) is 0 Å². The first kappa shape index (κ1) is 14.9. The molecule has 1 aromatic rings. The van der Waals surface area contributed by atoms with Crippen molar-refractivity contribution in [1.29, 1.82) is 0 Å². The second kappa shape index (κ2) is 6.66. The number of hydrogen-bond donors (Lipinski definition) is 1. The number of benzene rings is 1. The minimum absolute atomic E-state index is 0.347. The molecule has 1 unspecified atom stereocenters. The van der Waals surface area contributed by atoms with Crippen LogP contribution >= 0.6 is 23.4 Å². The van der Waals surface area contributed by atoms with Crippen molar-refractivity contribution in [3.63, 3.8) is 0 Å². The molecule has 18 heavy (non-hydrogen) atoms. The highest BCUT2D eigenvalue weighted by atomic mass is 35.5. The summed E-state index contributed by atoms with van der Waals surface area (Å²) in [5.74, 6) is -0.894. The maximum absolute atomic E-state index is 12.0. The lowest BCUT2D eigenvalue weighted by Crippen LogP contribution is -2.39. The average Bonchev–Trinajstić information content (AvgIpc) is 2.38. The summed E-state index contributed by atoms with van der Waals surface area (Å²) in [5, 5.41) is 2.88. The van der Waals surface area contributed by atoms with E-state index in [-0.39, 0.29) is 0 Å². The second-order valence-corrected chi connectivity index (χ2v) is 4.85. The fourth-order valence-electron chi connectivity index (χ4n) is 1.32. The first-order valence-electron chi connectivity index (χ1n) is 5.21. The molecule has 0 aliphatic rings. The standard InChI is InChI=1S/C12H14ClNO3S/c1-7(12(16)17-2)14-11(15)9-6-8(18-3)4-5-10(9)13/h4-7H,1-3H3,(H,14,15). The predicted octanol–water partition coefficient (Wildman–Crippen LogP) is 2.35. The minimum atomic E-state index is -0.712. The minimum Gasteiger partial charge on any atom is -0.467 e. The Morgan fingerprint density at radius 2 is 2.11 bits per heavy atom. The smallest absolute Gasteiger partial charge is 0.328 e. The highest BCUT2D eigenvalue weighted by Crippen LogP contribution is 2.23. The van der Waals surface area contributed by atoms with E-state index >= 15 is 0 Å². The maximum Gasteiger partial charge on any atom is 0.328 e. The Morgan fingerprint density at radius 3 is 2.67 bits per heavy atom. The van der Waals surface area contributed by atoms with Crippen LogP contribution in [0.1, 0.15) is 17.3 Å². The molecule has 0 saturated heterocycles. The number of amides is 1. The van der Waals surface area contributed by atoms with Gasteiger partial charge in [0, 0.05) is 4.90 Å². The van der Waals surface area contributed by atoms with Crippen LogP contribution < -0.4 is 5.32 Å². The molecule has 0 bridgehead atoms. The van der Waals surface area contributed by atoms with Crippen molar-refractivity contribution in [2.24, 2.45) is 0 Å². The van der Waals surface area contributed by atoms with E-state index in [2.05, 4.69) is 10.1 Å². The van der Waals surface area contributed by atoms with Crippen LogP contribution in [0.2, 0.25) is 5.02 Å². The number of hydrogen-bond acceptors (Lipinski definition) is 4. The van der Waals surface area contributed by atoms with Gasteiger partial charge in [0.25, 0.3) is 5.91 Å². The summed E-state index contributed by atoms with van der Waals surface area (Å²) in [7, 11) is 1.27. The van der Waals surface area contributed by atoms with Crippen LogP contribution in [0.15, 0.2) is 23.1 Å². The maximum atomic E-state index is 12.0. The molecule has 0 saturated carbocycles. The summed E-state index contributed by atoms with van der Waals surface area (Å²) < 4.78 is 4.53. The Hall–Kier alpha value is -1.20. The molecular formula is C12H14ClNO3S. The molecule has 0 aromatic heterocycles. The molecule has 0 radical (unpaired) electrons. The monoisotopic (exact) mass is 287 g/mol. The largest absolute Gasteiger partial charge is 0.467 e. The third kappa shape index (κ3) is 3.65. The number of carbonyl (C=O) groups excluding carboxylic acids is 2. The van der Waals surface area contributed by atoms with Gasteiger partial charge < -0.3 is 10.1 Å². The van der Waals surface area contributed by atoms with Gasteiger partial charge in [-0.3, -0.25) is 4.79 Å². The van der Waals surface area contributed by atoms with Gasteiger partial charge in [0.05, 0.1) is 17.7 Å². The predicted molar refractivity (Wildman–Crippen MR) is 72.2 cm³/mol. The summed E-state index contributed by atoms with van der Waals surface area (Å²) in [6, 6.07) is 4.46.